The van der Waals surface area contributed by atoms with Gasteiger partial charge in [0.2, 0.25) is 0 Å². The van der Waals surface area contributed by atoms with Gasteiger partial charge < -0.3 is 4.90 Å². The van der Waals surface area contributed by atoms with Crippen molar-refractivity contribution in [2.24, 2.45) is 0 Å². The second kappa shape index (κ2) is 5.97. The first kappa shape index (κ1) is 11.4. The molecule has 15 heavy (non-hydrogen) atoms. The summed E-state index contributed by atoms with van der Waals surface area (Å²) in [6.07, 6.45) is 6.68. The summed E-state index contributed by atoms with van der Waals surface area (Å²) in [5.41, 5.74) is 0.400. The summed E-state index contributed by atoms with van der Waals surface area (Å²) in [6.45, 7) is 3.09. The Morgan fingerprint density at radius 2 is 2.07 bits per heavy atom. The van der Waals surface area contributed by atoms with E-state index in [0.29, 0.717) is 11.5 Å². The van der Waals surface area contributed by atoms with E-state index in [0.717, 1.165) is 13.0 Å². The molecule has 1 heterocycles. The van der Waals surface area contributed by atoms with Crippen LogP contribution in [0.15, 0.2) is 12.4 Å². The van der Waals surface area contributed by atoms with Crippen molar-refractivity contribution in [2.45, 2.75) is 26.2 Å². The van der Waals surface area contributed by atoms with Gasteiger partial charge in [0.15, 0.2) is 11.5 Å². The molecule has 0 aliphatic carbocycles. The summed E-state index contributed by atoms with van der Waals surface area (Å²) in [7, 11) is 1.94. The smallest absolute Gasteiger partial charge is 0.183 e. The van der Waals surface area contributed by atoms with Crippen molar-refractivity contribution in [3.63, 3.8) is 0 Å². The third-order valence-corrected chi connectivity index (χ3v) is 2.24. The number of nitriles is 1. The molecule has 0 saturated carbocycles. The summed E-state index contributed by atoms with van der Waals surface area (Å²) in [5.74, 6) is 0.677. The zero-order valence-corrected chi connectivity index (χ0v) is 9.27. The Hall–Kier alpha value is -1.63. The van der Waals surface area contributed by atoms with Crippen LogP contribution in [0.3, 0.4) is 0 Å². The van der Waals surface area contributed by atoms with Crippen LogP contribution in [0.2, 0.25) is 0 Å². The van der Waals surface area contributed by atoms with Crippen molar-refractivity contribution in [2.75, 3.05) is 18.5 Å². The van der Waals surface area contributed by atoms with Gasteiger partial charge in [0.1, 0.15) is 6.07 Å². The Balaban J connectivity index is 2.65. The molecule has 0 unspecified atom stereocenters. The molecule has 1 aromatic rings. The van der Waals surface area contributed by atoms with Crippen molar-refractivity contribution < 1.29 is 0 Å². The molecule has 0 spiro atoms. The van der Waals surface area contributed by atoms with E-state index >= 15 is 0 Å². The number of aromatic nitrogens is 2. The third kappa shape index (κ3) is 3.21. The summed E-state index contributed by atoms with van der Waals surface area (Å²) in [5, 5.41) is 8.86. The van der Waals surface area contributed by atoms with Gasteiger partial charge >= 0.3 is 0 Å². The van der Waals surface area contributed by atoms with Gasteiger partial charge in [-0.3, -0.25) is 0 Å². The largest absolute Gasteiger partial charge is 0.357 e. The van der Waals surface area contributed by atoms with Gasteiger partial charge in [-0.2, -0.15) is 5.26 Å². The van der Waals surface area contributed by atoms with E-state index in [-0.39, 0.29) is 0 Å². The van der Waals surface area contributed by atoms with E-state index in [4.69, 9.17) is 5.26 Å². The van der Waals surface area contributed by atoms with E-state index in [1.54, 1.807) is 12.4 Å². The fourth-order valence-corrected chi connectivity index (χ4v) is 1.39. The highest BCUT2D eigenvalue weighted by Crippen LogP contribution is 2.12. The molecule has 4 nitrogen and oxygen atoms in total. The Morgan fingerprint density at radius 1 is 1.33 bits per heavy atom. The lowest BCUT2D eigenvalue weighted by atomic mass is 10.2. The van der Waals surface area contributed by atoms with E-state index < -0.39 is 0 Å². The fraction of sp³-hybridized carbons (Fsp3) is 0.545. The normalized spacial score (nSPS) is 9.67. The van der Waals surface area contributed by atoms with E-state index in [1.807, 2.05) is 11.9 Å². The molecule has 4 heteroatoms. The Kier molecular flexibility index (Phi) is 4.55. The van der Waals surface area contributed by atoms with Gasteiger partial charge in [0.25, 0.3) is 0 Å². The summed E-state index contributed by atoms with van der Waals surface area (Å²) in [4.78, 5) is 10.1. The van der Waals surface area contributed by atoms with Crippen molar-refractivity contribution in [1.82, 2.24) is 9.97 Å². The van der Waals surface area contributed by atoms with Crippen LogP contribution in [-0.4, -0.2) is 23.6 Å². The van der Waals surface area contributed by atoms with Gasteiger partial charge in [0.05, 0.1) is 0 Å². The fourth-order valence-electron chi connectivity index (χ4n) is 1.39. The standard InChI is InChI=1S/C11H16N4/c1-3-4-5-8-15(2)11-10(9-12)13-6-7-14-11/h6-7H,3-5,8H2,1-2H3. The third-order valence-electron chi connectivity index (χ3n) is 2.24. The molecular weight excluding hydrogens is 188 g/mol. The highest BCUT2D eigenvalue weighted by molar-refractivity contribution is 5.48. The second-order valence-electron chi connectivity index (χ2n) is 3.47. The number of hydrogen-bond acceptors (Lipinski definition) is 4. The zero-order valence-electron chi connectivity index (χ0n) is 9.27. The maximum atomic E-state index is 8.86. The molecule has 0 aromatic carbocycles. The molecule has 0 fully saturated rings. The van der Waals surface area contributed by atoms with Crippen molar-refractivity contribution in [3.8, 4) is 6.07 Å². The number of nitrogens with zero attached hydrogens (tertiary/aromatic N) is 4. The SMILES string of the molecule is CCCCCN(C)c1nccnc1C#N. The van der Waals surface area contributed by atoms with E-state index in [9.17, 15) is 0 Å². The van der Waals surface area contributed by atoms with Crippen LogP contribution in [0.5, 0.6) is 0 Å². The minimum absolute atomic E-state index is 0.400. The van der Waals surface area contributed by atoms with Gasteiger partial charge in [0, 0.05) is 26.0 Å². The van der Waals surface area contributed by atoms with Crippen molar-refractivity contribution in [3.05, 3.63) is 18.1 Å². The summed E-state index contributed by atoms with van der Waals surface area (Å²) in [6, 6.07) is 2.05. The quantitative estimate of drug-likeness (QED) is 0.688. The first-order valence-corrected chi connectivity index (χ1v) is 5.21. The topological polar surface area (TPSA) is 52.8 Å². The second-order valence-corrected chi connectivity index (χ2v) is 3.47. The predicted octanol–water partition coefficient (Wildman–Crippen LogP) is 1.97. The molecule has 0 saturated heterocycles. The van der Waals surface area contributed by atoms with Gasteiger partial charge in [-0.25, -0.2) is 9.97 Å². The lowest BCUT2D eigenvalue weighted by Gasteiger charge is -2.17. The van der Waals surface area contributed by atoms with E-state index in [2.05, 4.69) is 23.0 Å². The molecule has 0 radical (unpaired) electrons. The maximum Gasteiger partial charge on any atom is 0.183 e. The van der Waals surface area contributed by atoms with Crippen LogP contribution in [-0.2, 0) is 0 Å². The van der Waals surface area contributed by atoms with Gasteiger partial charge in [-0.05, 0) is 6.42 Å². The average Bonchev–Trinajstić information content (AvgIpc) is 2.29. The molecule has 80 valence electrons. The number of hydrogen-bond donors (Lipinski definition) is 0. The summed E-state index contributed by atoms with van der Waals surface area (Å²) < 4.78 is 0. The Bertz CT molecular complexity index is 343. The predicted molar refractivity (Wildman–Crippen MR) is 59.5 cm³/mol. The lowest BCUT2D eigenvalue weighted by molar-refractivity contribution is 0.700. The first-order chi connectivity index (χ1) is 7.29. The van der Waals surface area contributed by atoms with Crippen LogP contribution < -0.4 is 4.90 Å². The molecule has 0 aliphatic rings. The number of unbranched alkanes of at least 4 members (excludes halogenated alkanes) is 2. The van der Waals surface area contributed by atoms with Crippen molar-refractivity contribution in [1.29, 1.82) is 5.26 Å². The van der Waals surface area contributed by atoms with Crippen LogP contribution in [0.4, 0.5) is 5.82 Å². The highest BCUT2D eigenvalue weighted by Gasteiger charge is 2.08. The molecule has 0 bridgehead atoms. The van der Waals surface area contributed by atoms with Crippen molar-refractivity contribution >= 4 is 5.82 Å². The van der Waals surface area contributed by atoms with Gasteiger partial charge in [-0.1, -0.05) is 19.8 Å². The average molecular weight is 204 g/mol. The molecule has 0 amide bonds. The van der Waals surface area contributed by atoms with Crippen LogP contribution in [0.25, 0.3) is 0 Å². The van der Waals surface area contributed by atoms with Crippen LogP contribution in [0, 0.1) is 11.3 Å². The molecule has 0 atom stereocenters. The minimum Gasteiger partial charge on any atom is -0.357 e. The van der Waals surface area contributed by atoms with Crippen LogP contribution >= 0.6 is 0 Å². The lowest BCUT2D eigenvalue weighted by Crippen LogP contribution is -2.21. The Labute approximate surface area is 90.6 Å². The van der Waals surface area contributed by atoms with Gasteiger partial charge in [-0.15, -0.1) is 0 Å². The summed E-state index contributed by atoms with van der Waals surface area (Å²) >= 11 is 0. The number of anilines is 1. The highest BCUT2D eigenvalue weighted by atomic mass is 15.2. The molecule has 1 rings (SSSR count). The number of rotatable bonds is 5. The molecule has 1 aromatic heterocycles. The monoisotopic (exact) mass is 204 g/mol. The van der Waals surface area contributed by atoms with Crippen LogP contribution in [0.1, 0.15) is 31.9 Å². The Morgan fingerprint density at radius 3 is 2.73 bits per heavy atom. The van der Waals surface area contributed by atoms with E-state index in [1.165, 1.54) is 12.8 Å². The molecule has 0 N–H and O–H groups in total. The molecule has 0 aliphatic heterocycles. The maximum absolute atomic E-state index is 8.86. The first-order valence-electron chi connectivity index (χ1n) is 5.21. The molecular formula is C11H16N4. The zero-order chi connectivity index (χ0) is 11.1. The minimum atomic E-state index is 0.400.